The van der Waals surface area contributed by atoms with Gasteiger partial charge in [0.25, 0.3) is 0 Å². The molecule has 0 radical (unpaired) electrons. The number of nitrogens with one attached hydrogen (secondary N) is 1. The van der Waals surface area contributed by atoms with E-state index in [9.17, 15) is 9.90 Å². The van der Waals surface area contributed by atoms with Gasteiger partial charge in [-0.3, -0.25) is 10.1 Å². The molecular weight excluding hydrogens is 278 g/mol. The Kier molecular flexibility index (Phi) is 6.42. The zero-order chi connectivity index (χ0) is 16.9. The number of aliphatic carboxylic acids is 1. The van der Waals surface area contributed by atoms with Crippen LogP contribution < -0.4 is 10.1 Å². The van der Waals surface area contributed by atoms with Gasteiger partial charge in [0.05, 0.1) is 7.11 Å². The SMILES string of the molecule is COc1ccc(C(C)NC(CCC(C)(C)C)C(=O)O)cc1C. The lowest BCUT2D eigenvalue weighted by Crippen LogP contribution is -2.39. The third-order valence-corrected chi connectivity index (χ3v) is 3.85. The predicted octanol–water partition coefficient (Wildman–Crippen LogP) is 3.93. The van der Waals surface area contributed by atoms with Gasteiger partial charge in [0.1, 0.15) is 11.8 Å². The molecule has 22 heavy (non-hydrogen) atoms. The Balaban J connectivity index is 2.76. The van der Waals surface area contributed by atoms with Crippen molar-refractivity contribution in [3.8, 4) is 5.75 Å². The van der Waals surface area contributed by atoms with E-state index in [1.807, 2.05) is 32.0 Å². The van der Waals surface area contributed by atoms with Gasteiger partial charge in [0, 0.05) is 6.04 Å². The maximum absolute atomic E-state index is 11.5. The molecule has 0 amide bonds. The lowest BCUT2D eigenvalue weighted by atomic mass is 9.88. The molecule has 2 N–H and O–H groups in total. The summed E-state index contributed by atoms with van der Waals surface area (Å²) in [4.78, 5) is 11.5. The minimum absolute atomic E-state index is 0.0225. The lowest BCUT2D eigenvalue weighted by Gasteiger charge is -2.24. The molecular formula is C18H29NO3. The van der Waals surface area contributed by atoms with Crippen molar-refractivity contribution in [3.05, 3.63) is 29.3 Å². The van der Waals surface area contributed by atoms with Crippen molar-refractivity contribution in [2.45, 2.75) is 59.5 Å². The first-order valence-corrected chi connectivity index (χ1v) is 7.77. The molecule has 1 rings (SSSR count). The summed E-state index contributed by atoms with van der Waals surface area (Å²) in [5.41, 5.74) is 2.26. The highest BCUT2D eigenvalue weighted by atomic mass is 16.5. The maximum Gasteiger partial charge on any atom is 0.320 e. The molecule has 0 saturated carbocycles. The molecule has 0 fully saturated rings. The number of aryl methyl sites for hydroxylation is 1. The van der Waals surface area contributed by atoms with E-state index in [4.69, 9.17) is 4.74 Å². The van der Waals surface area contributed by atoms with Gasteiger partial charge in [-0.1, -0.05) is 32.9 Å². The van der Waals surface area contributed by atoms with E-state index in [-0.39, 0.29) is 11.5 Å². The van der Waals surface area contributed by atoms with Crippen LogP contribution in [-0.2, 0) is 4.79 Å². The normalized spacial score (nSPS) is 14.5. The van der Waals surface area contributed by atoms with Crippen molar-refractivity contribution in [1.82, 2.24) is 5.32 Å². The van der Waals surface area contributed by atoms with Crippen LogP contribution >= 0.6 is 0 Å². The number of carbonyl (C=O) groups is 1. The molecule has 1 aromatic rings. The highest BCUT2D eigenvalue weighted by molar-refractivity contribution is 5.73. The molecule has 1 aromatic carbocycles. The van der Waals surface area contributed by atoms with Crippen molar-refractivity contribution in [3.63, 3.8) is 0 Å². The molecule has 124 valence electrons. The Hall–Kier alpha value is -1.55. The van der Waals surface area contributed by atoms with Crippen LogP contribution in [0.15, 0.2) is 18.2 Å². The molecule has 0 aliphatic heterocycles. The average molecular weight is 307 g/mol. The first kappa shape index (κ1) is 18.5. The number of hydrogen-bond donors (Lipinski definition) is 2. The molecule has 2 atom stereocenters. The first-order chi connectivity index (χ1) is 10.1. The topological polar surface area (TPSA) is 58.6 Å². The predicted molar refractivity (Wildman–Crippen MR) is 89.4 cm³/mol. The third-order valence-electron chi connectivity index (χ3n) is 3.85. The van der Waals surface area contributed by atoms with Gasteiger partial charge < -0.3 is 9.84 Å². The van der Waals surface area contributed by atoms with Crippen LogP contribution in [-0.4, -0.2) is 24.2 Å². The van der Waals surface area contributed by atoms with E-state index in [1.54, 1.807) is 7.11 Å². The monoisotopic (exact) mass is 307 g/mol. The Morgan fingerprint density at radius 1 is 1.36 bits per heavy atom. The van der Waals surface area contributed by atoms with Gasteiger partial charge in [-0.15, -0.1) is 0 Å². The quantitative estimate of drug-likeness (QED) is 0.801. The zero-order valence-electron chi connectivity index (χ0n) is 14.6. The summed E-state index contributed by atoms with van der Waals surface area (Å²) in [5, 5.41) is 12.6. The summed E-state index contributed by atoms with van der Waals surface area (Å²) in [6.07, 6.45) is 1.49. The van der Waals surface area contributed by atoms with Gasteiger partial charge in [0.2, 0.25) is 0 Å². The number of carboxylic acid groups (broad SMARTS) is 1. The van der Waals surface area contributed by atoms with E-state index >= 15 is 0 Å². The number of benzene rings is 1. The highest BCUT2D eigenvalue weighted by Gasteiger charge is 2.23. The third kappa shape index (κ3) is 5.68. The fourth-order valence-electron chi connectivity index (χ4n) is 2.42. The largest absolute Gasteiger partial charge is 0.496 e. The van der Waals surface area contributed by atoms with Gasteiger partial charge in [-0.25, -0.2) is 0 Å². The summed E-state index contributed by atoms with van der Waals surface area (Å²) in [7, 11) is 1.65. The molecule has 4 heteroatoms. The van der Waals surface area contributed by atoms with Gasteiger partial charge in [0.15, 0.2) is 0 Å². The molecule has 0 aliphatic carbocycles. The Morgan fingerprint density at radius 2 is 2.00 bits per heavy atom. The van der Waals surface area contributed by atoms with E-state index in [1.165, 1.54) is 0 Å². The minimum atomic E-state index is -0.790. The molecule has 0 aliphatic rings. The van der Waals surface area contributed by atoms with Crippen LogP contribution in [0.2, 0.25) is 0 Å². The Morgan fingerprint density at radius 3 is 2.45 bits per heavy atom. The summed E-state index contributed by atoms with van der Waals surface area (Å²) < 4.78 is 5.26. The first-order valence-electron chi connectivity index (χ1n) is 7.77. The molecule has 0 saturated heterocycles. The number of methoxy groups -OCH3 is 1. The summed E-state index contributed by atoms with van der Waals surface area (Å²) >= 11 is 0. The van der Waals surface area contributed by atoms with Crippen molar-refractivity contribution < 1.29 is 14.6 Å². The van der Waals surface area contributed by atoms with Crippen LogP contribution in [0.4, 0.5) is 0 Å². The summed E-state index contributed by atoms with van der Waals surface area (Å²) in [6.45, 7) is 10.4. The smallest absolute Gasteiger partial charge is 0.320 e. The summed E-state index contributed by atoms with van der Waals surface area (Å²) in [5.74, 6) is 0.0554. The highest BCUT2D eigenvalue weighted by Crippen LogP contribution is 2.25. The fraction of sp³-hybridized carbons (Fsp3) is 0.611. The summed E-state index contributed by atoms with van der Waals surface area (Å²) in [6, 6.07) is 5.39. The van der Waals surface area contributed by atoms with E-state index in [0.717, 1.165) is 23.3 Å². The number of hydrogen-bond acceptors (Lipinski definition) is 3. The second-order valence-corrected chi connectivity index (χ2v) is 7.11. The van der Waals surface area contributed by atoms with Gasteiger partial charge in [-0.2, -0.15) is 0 Å². The van der Waals surface area contributed by atoms with Gasteiger partial charge in [-0.05, 0) is 49.3 Å². The van der Waals surface area contributed by atoms with Gasteiger partial charge >= 0.3 is 5.97 Å². The second kappa shape index (κ2) is 7.63. The number of carboxylic acids is 1. The lowest BCUT2D eigenvalue weighted by molar-refractivity contribution is -0.140. The molecule has 0 spiro atoms. The van der Waals surface area contributed by atoms with Crippen molar-refractivity contribution in [2.24, 2.45) is 5.41 Å². The van der Waals surface area contributed by atoms with Crippen LogP contribution in [0.1, 0.15) is 57.7 Å². The van der Waals surface area contributed by atoms with E-state index < -0.39 is 12.0 Å². The van der Waals surface area contributed by atoms with E-state index in [0.29, 0.717) is 6.42 Å². The fourth-order valence-corrected chi connectivity index (χ4v) is 2.42. The van der Waals surface area contributed by atoms with Crippen LogP contribution in [0.25, 0.3) is 0 Å². The molecule has 0 heterocycles. The van der Waals surface area contributed by atoms with Crippen molar-refractivity contribution in [1.29, 1.82) is 0 Å². The van der Waals surface area contributed by atoms with Crippen LogP contribution in [0.3, 0.4) is 0 Å². The minimum Gasteiger partial charge on any atom is -0.496 e. The average Bonchev–Trinajstić information content (AvgIpc) is 2.41. The molecule has 4 nitrogen and oxygen atoms in total. The molecule has 0 bridgehead atoms. The Labute approximate surface area is 133 Å². The number of ether oxygens (including phenoxy) is 1. The Bertz CT molecular complexity index is 506. The standard InChI is InChI=1S/C18H29NO3/c1-12-11-14(7-8-16(12)22-6)13(2)19-15(17(20)21)9-10-18(3,4)5/h7-8,11,13,15,19H,9-10H2,1-6H3,(H,20,21). The van der Waals surface area contributed by atoms with E-state index in [2.05, 4.69) is 26.1 Å². The number of rotatable bonds is 7. The van der Waals surface area contributed by atoms with Crippen molar-refractivity contribution >= 4 is 5.97 Å². The van der Waals surface area contributed by atoms with Crippen LogP contribution in [0.5, 0.6) is 5.75 Å². The molecule has 2 unspecified atom stereocenters. The van der Waals surface area contributed by atoms with Crippen LogP contribution in [0, 0.1) is 12.3 Å². The second-order valence-electron chi connectivity index (χ2n) is 7.11. The zero-order valence-corrected chi connectivity index (χ0v) is 14.6. The maximum atomic E-state index is 11.5. The van der Waals surface area contributed by atoms with Crippen molar-refractivity contribution in [2.75, 3.05) is 7.11 Å². The molecule has 0 aromatic heterocycles.